The summed E-state index contributed by atoms with van der Waals surface area (Å²) in [6.07, 6.45) is 2.43. The van der Waals surface area contributed by atoms with Crippen molar-refractivity contribution in [2.45, 2.75) is 39.7 Å². The molecule has 2 N–H and O–H groups in total. The molecule has 1 aliphatic rings. The van der Waals surface area contributed by atoms with Crippen molar-refractivity contribution in [3.05, 3.63) is 35.4 Å². The lowest BCUT2D eigenvalue weighted by Crippen LogP contribution is -2.45. The van der Waals surface area contributed by atoms with E-state index in [0.29, 0.717) is 23.4 Å². The highest BCUT2D eigenvalue weighted by molar-refractivity contribution is 14.0. The molecule has 1 aliphatic heterocycles. The molecule has 0 radical (unpaired) electrons. The Morgan fingerprint density at radius 1 is 1.30 bits per heavy atom. The lowest BCUT2D eigenvalue weighted by atomic mass is 9.97. The van der Waals surface area contributed by atoms with Gasteiger partial charge in [-0.05, 0) is 44.2 Å². The number of hydrogen-bond donors (Lipinski definition) is 2. The van der Waals surface area contributed by atoms with Crippen LogP contribution in [0.3, 0.4) is 0 Å². The predicted octanol–water partition coefficient (Wildman–Crippen LogP) is 4.18. The highest BCUT2D eigenvalue weighted by atomic mass is 127. The minimum absolute atomic E-state index is 0. The summed E-state index contributed by atoms with van der Waals surface area (Å²) in [7, 11) is 1.70. The van der Waals surface area contributed by atoms with Crippen LogP contribution >= 0.6 is 24.0 Å². The fraction of sp³-hybridized carbons (Fsp3) is 0.650. The molecule has 0 aromatic heterocycles. The van der Waals surface area contributed by atoms with E-state index < -0.39 is 11.6 Å². The van der Waals surface area contributed by atoms with Crippen molar-refractivity contribution < 1.29 is 8.78 Å². The largest absolute Gasteiger partial charge is 0.356 e. The van der Waals surface area contributed by atoms with E-state index in [1.165, 1.54) is 31.5 Å². The molecule has 1 fully saturated rings. The number of hydrogen-bond acceptors (Lipinski definition) is 2. The number of aliphatic imine (C=N–C) groups is 1. The van der Waals surface area contributed by atoms with Crippen molar-refractivity contribution in [3.8, 4) is 0 Å². The number of likely N-dealkylation sites (tertiary alicyclic amines) is 1. The quantitative estimate of drug-likeness (QED) is 0.354. The van der Waals surface area contributed by atoms with Crippen LogP contribution in [0.15, 0.2) is 23.2 Å². The predicted molar refractivity (Wildman–Crippen MR) is 119 cm³/mol. The van der Waals surface area contributed by atoms with E-state index in [-0.39, 0.29) is 30.0 Å². The number of halogens is 3. The Morgan fingerprint density at radius 3 is 2.67 bits per heavy atom. The second-order valence-electron chi connectivity index (χ2n) is 7.65. The van der Waals surface area contributed by atoms with Gasteiger partial charge in [-0.15, -0.1) is 24.0 Å². The maximum absolute atomic E-state index is 13.9. The Bertz CT molecular complexity index is 610. The van der Waals surface area contributed by atoms with Gasteiger partial charge in [0.1, 0.15) is 11.6 Å². The second-order valence-corrected chi connectivity index (χ2v) is 7.65. The van der Waals surface area contributed by atoms with Crippen LogP contribution in [0.5, 0.6) is 0 Å². The normalized spacial score (nSPS) is 19.5. The van der Waals surface area contributed by atoms with E-state index in [2.05, 4.69) is 34.4 Å². The molecule has 4 nitrogen and oxygen atoms in total. The van der Waals surface area contributed by atoms with Crippen LogP contribution < -0.4 is 10.6 Å². The molecule has 2 rings (SSSR count). The Morgan fingerprint density at radius 2 is 2.04 bits per heavy atom. The van der Waals surface area contributed by atoms with Gasteiger partial charge in [-0.1, -0.05) is 19.9 Å². The molecule has 0 spiro atoms. The summed E-state index contributed by atoms with van der Waals surface area (Å²) in [5, 5.41) is 6.55. The van der Waals surface area contributed by atoms with Gasteiger partial charge in [-0.2, -0.15) is 0 Å². The Hall–Kier alpha value is -0.960. The zero-order chi connectivity index (χ0) is 19.1. The van der Waals surface area contributed by atoms with Crippen molar-refractivity contribution in [1.82, 2.24) is 15.5 Å². The smallest absolute Gasteiger partial charge is 0.191 e. The number of piperidine rings is 1. The van der Waals surface area contributed by atoms with Gasteiger partial charge in [0.15, 0.2) is 5.96 Å². The van der Waals surface area contributed by atoms with Gasteiger partial charge in [0.05, 0.1) is 6.04 Å². The lowest BCUT2D eigenvalue weighted by Gasteiger charge is -2.34. The molecule has 1 aromatic rings. The molecule has 7 heteroatoms. The number of nitrogens with zero attached hydrogens (tertiary/aromatic N) is 2. The summed E-state index contributed by atoms with van der Waals surface area (Å²) in [5.41, 5.74) is 0.426. The van der Waals surface area contributed by atoms with Gasteiger partial charge in [0, 0.05) is 38.3 Å². The van der Waals surface area contributed by atoms with Crippen LogP contribution in [0.2, 0.25) is 0 Å². The minimum atomic E-state index is -0.566. The molecule has 0 saturated carbocycles. The fourth-order valence-electron chi connectivity index (χ4n) is 3.57. The standard InChI is InChI=1S/C20H32F2N4.HI/c1-14(2)12-26-9-5-6-16(13-26)11-24-20(23-4)25-15(3)18-8-7-17(21)10-19(18)22;/h7-8,10,14-16H,5-6,9,11-13H2,1-4H3,(H2,23,24,25);1H. The Labute approximate surface area is 179 Å². The van der Waals surface area contributed by atoms with Crippen LogP contribution in [-0.4, -0.2) is 44.1 Å². The van der Waals surface area contributed by atoms with Crippen LogP contribution in [0.25, 0.3) is 0 Å². The van der Waals surface area contributed by atoms with Crippen molar-refractivity contribution >= 4 is 29.9 Å². The first-order valence-electron chi connectivity index (χ1n) is 9.53. The van der Waals surface area contributed by atoms with Crippen molar-refractivity contribution in [2.24, 2.45) is 16.8 Å². The van der Waals surface area contributed by atoms with Gasteiger partial charge in [0.2, 0.25) is 0 Å². The average molecular weight is 494 g/mol. The van der Waals surface area contributed by atoms with E-state index in [1.54, 1.807) is 7.05 Å². The molecule has 2 atom stereocenters. The topological polar surface area (TPSA) is 39.7 Å². The Kier molecular flexibility index (Phi) is 10.5. The molecule has 1 aromatic carbocycles. The summed E-state index contributed by atoms with van der Waals surface area (Å²) in [4.78, 5) is 6.77. The maximum atomic E-state index is 13.9. The molecule has 0 amide bonds. The zero-order valence-corrected chi connectivity index (χ0v) is 19.1. The SMILES string of the molecule is CN=C(NCC1CCCN(CC(C)C)C1)NC(C)c1ccc(F)cc1F.I. The number of guanidine groups is 1. The summed E-state index contributed by atoms with van der Waals surface area (Å²) in [6.45, 7) is 10.6. The fourth-order valence-corrected chi connectivity index (χ4v) is 3.57. The second kappa shape index (κ2) is 11.8. The highest BCUT2D eigenvalue weighted by Crippen LogP contribution is 2.18. The number of nitrogens with one attached hydrogen (secondary N) is 2. The molecular weight excluding hydrogens is 461 g/mol. The van der Waals surface area contributed by atoms with E-state index in [0.717, 1.165) is 25.7 Å². The summed E-state index contributed by atoms with van der Waals surface area (Å²) >= 11 is 0. The first-order valence-corrected chi connectivity index (χ1v) is 9.53. The van der Waals surface area contributed by atoms with E-state index >= 15 is 0 Å². The molecule has 0 bridgehead atoms. The summed E-state index contributed by atoms with van der Waals surface area (Å²) < 4.78 is 27.0. The van der Waals surface area contributed by atoms with E-state index in [1.807, 2.05) is 6.92 Å². The highest BCUT2D eigenvalue weighted by Gasteiger charge is 2.21. The first kappa shape index (κ1) is 24.1. The third-order valence-electron chi connectivity index (χ3n) is 4.79. The average Bonchev–Trinajstić information content (AvgIpc) is 2.58. The molecular formula is C20H33F2IN4. The molecule has 1 heterocycles. The van der Waals surface area contributed by atoms with Crippen molar-refractivity contribution in [2.75, 3.05) is 33.2 Å². The molecule has 27 heavy (non-hydrogen) atoms. The van der Waals surface area contributed by atoms with Gasteiger partial charge in [-0.3, -0.25) is 4.99 Å². The third-order valence-corrected chi connectivity index (χ3v) is 4.79. The third kappa shape index (κ3) is 7.89. The van der Waals surface area contributed by atoms with Crippen LogP contribution in [0.1, 0.15) is 45.2 Å². The zero-order valence-electron chi connectivity index (χ0n) is 16.8. The molecule has 1 saturated heterocycles. The van der Waals surface area contributed by atoms with Crippen molar-refractivity contribution in [3.63, 3.8) is 0 Å². The van der Waals surface area contributed by atoms with Crippen LogP contribution in [0, 0.1) is 23.5 Å². The molecule has 2 unspecified atom stereocenters. The number of benzene rings is 1. The monoisotopic (exact) mass is 494 g/mol. The van der Waals surface area contributed by atoms with Gasteiger partial charge >= 0.3 is 0 Å². The summed E-state index contributed by atoms with van der Waals surface area (Å²) in [5.74, 6) is 0.796. The molecule has 0 aliphatic carbocycles. The van der Waals surface area contributed by atoms with Crippen LogP contribution in [0.4, 0.5) is 8.78 Å². The minimum Gasteiger partial charge on any atom is -0.356 e. The summed E-state index contributed by atoms with van der Waals surface area (Å²) in [6, 6.07) is 3.36. The maximum Gasteiger partial charge on any atom is 0.191 e. The van der Waals surface area contributed by atoms with Gasteiger partial charge < -0.3 is 15.5 Å². The lowest BCUT2D eigenvalue weighted by molar-refractivity contribution is 0.159. The van der Waals surface area contributed by atoms with Gasteiger partial charge in [0.25, 0.3) is 0 Å². The Balaban J connectivity index is 0.00000364. The number of rotatable bonds is 6. The van der Waals surface area contributed by atoms with Crippen molar-refractivity contribution in [1.29, 1.82) is 0 Å². The first-order chi connectivity index (χ1) is 12.4. The van der Waals surface area contributed by atoms with E-state index in [4.69, 9.17) is 0 Å². The van der Waals surface area contributed by atoms with Crippen LogP contribution in [-0.2, 0) is 0 Å². The molecule has 154 valence electrons. The van der Waals surface area contributed by atoms with Gasteiger partial charge in [-0.25, -0.2) is 8.78 Å². The van der Waals surface area contributed by atoms with E-state index in [9.17, 15) is 8.78 Å².